The maximum absolute atomic E-state index is 12.3. The van der Waals surface area contributed by atoms with Gasteiger partial charge in [-0.05, 0) is 44.5 Å². The van der Waals surface area contributed by atoms with Crippen LogP contribution in [0.15, 0.2) is 24.3 Å². The fourth-order valence-corrected chi connectivity index (χ4v) is 2.34. The number of benzene rings is 1. The molecule has 1 amide bonds. The minimum Gasteiger partial charge on any atom is -0.326 e. The zero-order chi connectivity index (χ0) is 15.1. The van der Waals surface area contributed by atoms with E-state index in [4.69, 9.17) is 5.73 Å². The largest absolute Gasteiger partial charge is 0.326 e. The number of likely N-dealkylation sites (N-methyl/N-ethyl adjacent to an activating group) is 1. The lowest BCUT2D eigenvalue weighted by Gasteiger charge is -2.31. The van der Waals surface area contributed by atoms with E-state index in [9.17, 15) is 4.79 Å². The SMILES string of the molecule is CCC(CC)N(C)C(C)C(=O)Nc1ccc(CN)cc1. The van der Waals surface area contributed by atoms with Crippen LogP contribution in [0.3, 0.4) is 0 Å². The Morgan fingerprint density at radius 1 is 1.25 bits per heavy atom. The van der Waals surface area contributed by atoms with Crippen molar-refractivity contribution in [1.82, 2.24) is 4.90 Å². The van der Waals surface area contributed by atoms with Gasteiger partial charge in [-0.1, -0.05) is 26.0 Å². The number of nitrogens with zero attached hydrogens (tertiary/aromatic N) is 1. The van der Waals surface area contributed by atoms with Gasteiger partial charge in [0.25, 0.3) is 0 Å². The average molecular weight is 277 g/mol. The number of rotatable bonds is 7. The van der Waals surface area contributed by atoms with Crippen LogP contribution in [0.4, 0.5) is 5.69 Å². The number of carbonyl (C=O) groups is 1. The summed E-state index contributed by atoms with van der Waals surface area (Å²) in [4.78, 5) is 14.4. The molecule has 4 heteroatoms. The maximum Gasteiger partial charge on any atom is 0.241 e. The third kappa shape index (κ3) is 4.32. The molecule has 0 spiro atoms. The van der Waals surface area contributed by atoms with E-state index in [-0.39, 0.29) is 11.9 Å². The highest BCUT2D eigenvalue weighted by Gasteiger charge is 2.22. The van der Waals surface area contributed by atoms with Gasteiger partial charge in [0.1, 0.15) is 0 Å². The smallest absolute Gasteiger partial charge is 0.241 e. The van der Waals surface area contributed by atoms with Crippen LogP contribution in [0.5, 0.6) is 0 Å². The van der Waals surface area contributed by atoms with Crippen molar-refractivity contribution < 1.29 is 4.79 Å². The summed E-state index contributed by atoms with van der Waals surface area (Å²) in [5.41, 5.74) is 7.44. The van der Waals surface area contributed by atoms with Gasteiger partial charge in [0, 0.05) is 18.3 Å². The molecule has 0 aliphatic carbocycles. The van der Waals surface area contributed by atoms with E-state index in [0.29, 0.717) is 12.6 Å². The first kappa shape index (κ1) is 16.7. The summed E-state index contributed by atoms with van der Waals surface area (Å²) in [7, 11) is 2.01. The molecular weight excluding hydrogens is 250 g/mol. The highest BCUT2D eigenvalue weighted by molar-refractivity contribution is 5.94. The third-order valence-corrected chi connectivity index (χ3v) is 3.97. The van der Waals surface area contributed by atoms with Crippen molar-refractivity contribution in [3.05, 3.63) is 29.8 Å². The molecule has 3 N–H and O–H groups in total. The first-order chi connectivity index (χ1) is 9.53. The number of anilines is 1. The fourth-order valence-electron chi connectivity index (χ4n) is 2.34. The predicted octanol–water partition coefficient (Wildman–Crippen LogP) is 2.59. The molecular formula is C16H27N3O. The zero-order valence-electron chi connectivity index (χ0n) is 13.0. The van der Waals surface area contributed by atoms with Crippen molar-refractivity contribution in [3.63, 3.8) is 0 Å². The van der Waals surface area contributed by atoms with E-state index < -0.39 is 0 Å². The van der Waals surface area contributed by atoms with Gasteiger partial charge in [-0.15, -0.1) is 0 Å². The minimum atomic E-state index is -0.144. The Balaban J connectivity index is 2.64. The Labute approximate surface area is 122 Å². The van der Waals surface area contributed by atoms with E-state index in [1.165, 1.54) is 0 Å². The summed E-state index contributed by atoms with van der Waals surface area (Å²) in [5.74, 6) is 0.0277. The monoisotopic (exact) mass is 277 g/mol. The number of hydrogen-bond donors (Lipinski definition) is 2. The van der Waals surface area contributed by atoms with Crippen molar-refractivity contribution in [2.45, 2.75) is 52.2 Å². The second-order valence-electron chi connectivity index (χ2n) is 5.20. The molecule has 0 heterocycles. The van der Waals surface area contributed by atoms with Crippen molar-refractivity contribution in [2.24, 2.45) is 5.73 Å². The molecule has 0 radical (unpaired) electrons. The van der Waals surface area contributed by atoms with E-state index >= 15 is 0 Å². The molecule has 0 aliphatic heterocycles. The van der Waals surface area contributed by atoms with Crippen LogP contribution < -0.4 is 11.1 Å². The quantitative estimate of drug-likeness (QED) is 0.805. The van der Waals surface area contributed by atoms with Crippen molar-refractivity contribution in [3.8, 4) is 0 Å². The standard InChI is InChI=1S/C16H27N3O/c1-5-15(6-2)19(4)12(3)16(20)18-14-9-7-13(11-17)8-10-14/h7-10,12,15H,5-6,11,17H2,1-4H3,(H,18,20). The van der Waals surface area contributed by atoms with Gasteiger partial charge in [-0.3, -0.25) is 9.69 Å². The lowest BCUT2D eigenvalue weighted by Crippen LogP contribution is -2.44. The third-order valence-electron chi connectivity index (χ3n) is 3.97. The van der Waals surface area contributed by atoms with Gasteiger partial charge in [-0.25, -0.2) is 0 Å². The molecule has 0 aromatic heterocycles. The minimum absolute atomic E-state index is 0.0277. The van der Waals surface area contributed by atoms with Crippen molar-refractivity contribution in [2.75, 3.05) is 12.4 Å². The van der Waals surface area contributed by atoms with Gasteiger partial charge >= 0.3 is 0 Å². The second kappa shape index (κ2) is 8.02. The van der Waals surface area contributed by atoms with Crippen molar-refractivity contribution >= 4 is 11.6 Å². The number of amides is 1. The Morgan fingerprint density at radius 2 is 1.80 bits per heavy atom. The highest BCUT2D eigenvalue weighted by atomic mass is 16.2. The number of carbonyl (C=O) groups excluding carboxylic acids is 1. The van der Waals surface area contributed by atoms with Crippen LogP contribution in [0.25, 0.3) is 0 Å². The Morgan fingerprint density at radius 3 is 2.25 bits per heavy atom. The van der Waals surface area contributed by atoms with Gasteiger partial charge in [0.15, 0.2) is 0 Å². The summed E-state index contributed by atoms with van der Waals surface area (Å²) in [6.45, 7) is 6.77. The number of nitrogens with two attached hydrogens (primary N) is 1. The molecule has 0 fully saturated rings. The zero-order valence-corrected chi connectivity index (χ0v) is 13.0. The molecule has 4 nitrogen and oxygen atoms in total. The van der Waals surface area contributed by atoms with Crippen molar-refractivity contribution in [1.29, 1.82) is 0 Å². The molecule has 0 saturated carbocycles. The van der Waals surface area contributed by atoms with Gasteiger partial charge in [-0.2, -0.15) is 0 Å². The summed E-state index contributed by atoms with van der Waals surface area (Å²) in [6.07, 6.45) is 2.10. The summed E-state index contributed by atoms with van der Waals surface area (Å²) in [6, 6.07) is 7.95. The highest BCUT2D eigenvalue weighted by Crippen LogP contribution is 2.13. The molecule has 0 aliphatic rings. The van der Waals surface area contributed by atoms with Gasteiger partial charge in [0.2, 0.25) is 5.91 Å². The maximum atomic E-state index is 12.3. The fraction of sp³-hybridized carbons (Fsp3) is 0.562. The topological polar surface area (TPSA) is 58.4 Å². The molecule has 1 rings (SSSR count). The average Bonchev–Trinajstić information content (AvgIpc) is 2.48. The Kier molecular flexibility index (Phi) is 6.68. The normalized spacial score (nSPS) is 12.8. The molecule has 1 aromatic rings. The Hall–Kier alpha value is -1.39. The number of hydrogen-bond acceptors (Lipinski definition) is 3. The molecule has 1 unspecified atom stereocenters. The van der Waals surface area contributed by atoms with Crippen LogP contribution in [0.1, 0.15) is 39.2 Å². The van der Waals surface area contributed by atoms with Crippen LogP contribution in [-0.2, 0) is 11.3 Å². The van der Waals surface area contributed by atoms with E-state index in [1.807, 2.05) is 38.2 Å². The van der Waals surface area contributed by atoms with E-state index in [1.54, 1.807) is 0 Å². The first-order valence-corrected chi connectivity index (χ1v) is 7.35. The summed E-state index contributed by atoms with van der Waals surface area (Å²) < 4.78 is 0. The van der Waals surface area contributed by atoms with Crippen LogP contribution >= 0.6 is 0 Å². The predicted molar refractivity (Wildman–Crippen MR) is 84.6 cm³/mol. The lowest BCUT2D eigenvalue weighted by molar-refractivity contribution is -0.121. The molecule has 0 saturated heterocycles. The van der Waals surface area contributed by atoms with Crippen LogP contribution in [0, 0.1) is 0 Å². The molecule has 1 aromatic carbocycles. The van der Waals surface area contributed by atoms with Gasteiger partial charge in [0.05, 0.1) is 6.04 Å². The molecule has 20 heavy (non-hydrogen) atoms. The molecule has 0 bridgehead atoms. The van der Waals surface area contributed by atoms with Crippen LogP contribution in [-0.4, -0.2) is 29.9 Å². The second-order valence-corrected chi connectivity index (χ2v) is 5.20. The summed E-state index contributed by atoms with van der Waals surface area (Å²) in [5, 5.41) is 2.96. The van der Waals surface area contributed by atoms with E-state index in [2.05, 4.69) is 24.1 Å². The van der Waals surface area contributed by atoms with E-state index in [0.717, 1.165) is 24.1 Å². The number of nitrogens with one attached hydrogen (secondary N) is 1. The Bertz CT molecular complexity index is 412. The van der Waals surface area contributed by atoms with Crippen LogP contribution in [0.2, 0.25) is 0 Å². The summed E-state index contributed by atoms with van der Waals surface area (Å²) >= 11 is 0. The molecule has 112 valence electrons. The molecule has 1 atom stereocenters. The lowest BCUT2D eigenvalue weighted by atomic mass is 10.1. The first-order valence-electron chi connectivity index (χ1n) is 7.35. The van der Waals surface area contributed by atoms with Gasteiger partial charge < -0.3 is 11.1 Å².